The molecular weight excluding hydrogens is 290 g/mol. The van der Waals surface area contributed by atoms with Gasteiger partial charge in [0, 0.05) is 15.9 Å². The Kier molecular flexibility index (Phi) is 5.87. The molecule has 0 spiro atoms. The predicted molar refractivity (Wildman–Crippen MR) is 69.6 cm³/mol. The second kappa shape index (κ2) is 6.93. The number of esters is 1. The summed E-state index contributed by atoms with van der Waals surface area (Å²) in [5, 5.41) is 3.10. The van der Waals surface area contributed by atoms with Gasteiger partial charge in [0.25, 0.3) is 0 Å². The van der Waals surface area contributed by atoms with Gasteiger partial charge in [0.2, 0.25) is 0 Å². The van der Waals surface area contributed by atoms with Gasteiger partial charge in [0.05, 0.1) is 12.9 Å². The van der Waals surface area contributed by atoms with Crippen LogP contribution in [0.25, 0.3) is 0 Å². The third-order valence-electron chi connectivity index (χ3n) is 1.96. The smallest absolute Gasteiger partial charge is 0.315 e. The number of carbonyl (C=O) groups is 1. The Balaban J connectivity index is 2.73. The summed E-state index contributed by atoms with van der Waals surface area (Å²) in [7, 11) is 3.30. The predicted octanol–water partition coefficient (Wildman–Crippen LogP) is 2.43. The van der Waals surface area contributed by atoms with E-state index in [9.17, 15) is 4.79 Å². The summed E-state index contributed by atoms with van der Waals surface area (Å²) < 4.78 is 5.65. The van der Waals surface area contributed by atoms with E-state index in [1.807, 2.05) is 19.2 Å². The molecule has 0 amide bonds. The van der Waals surface area contributed by atoms with Crippen LogP contribution in [0.2, 0.25) is 0 Å². The van der Waals surface area contributed by atoms with E-state index in [0.29, 0.717) is 5.75 Å². The van der Waals surface area contributed by atoms with Crippen LogP contribution in [0.4, 0.5) is 0 Å². The Morgan fingerprint density at radius 1 is 1.56 bits per heavy atom. The summed E-state index contributed by atoms with van der Waals surface area (Å²) in [6, 6.07) is 6.03. The lowest BCUT2D eigenvalue weighted by molar-refractivity contribution is -0.137. The van der Waals surface area contributed by atoms with E-state index >= 15 is 0 Å². The molecule has 0 atom stereocenters. The van der Waals surface area contributed by atoms with Gasteiger partial charge in [-0.2, -0.15) is 0 Å². The average molecular weight is 304 g/mol. The molecule has 0 radical (unpaired) electrons. The second-order valence-electron chi connectivity index (χ2n) is 3.15. The number of hydrogen-bond acceptors (Lipinski definition) is 4. The van der Waals surface area contributed by atoms with Gasteiger partial charge in [0.1, 0.15) is 0 Å². The molecule has 0 fully saturated rings. The number of thioether (sulfide) groups is 1. The van der Waals surface area contributed by atoms with Crippen LogP contribution < -0.4 is 5.32 Å². The van der Waals surface area contributed by atoms with Crippen molar-refractivity contribution >= 4 is 33.7 Å². The lowest BCUT2D eigenvalue weighted by Gasteiger charge is -2.08. The van der Waals surface area contributed by atoms with Crippen molar-refractivity contribution in [2.75, 3.05) is 19.9 Å². The summed E-state index contributed by atoms with van der Waals surface area (Å²) >= 11 is 4.92. The van der Waals surface area contributed by atoms with Gasteiger partial charge in [-0.15, -0.1) is 11.8 Å². The SMILES string of the molecule is CNCc1cc(Br)ccc1SCC(=O)OC. The quantitative estimate of drug-likeness (QED) is 0.670. The molecule has 5 heteroatoms. The number of halogens is 1. The minimum absolute atomic E-state index is 0.205. The summed E-state index contributed by atoms with van der Waals surface area (Å²) in [6.45, 7) is 0.781. The molecule has 0 aliphatic heterocycles. The van der Waals surface area contributed by atoms with Crippen molar-refractivity contribution in [1.29, 1.82) is 0 Å². The number of ether oxygens (including phenoxy) is 1. The first kappa shape index (κ1) is 13.5. The molecule has 0 saturated carbocycles. The Hall–Kier alpha value is -0.520. The molecule has 0 saturated heterocycles. The third kappa shape index (κ3) is 4.15. The summed E-state index contributed by atoms with van der Waals surface area (Å²) in [5.41, 5.74) is 1.17. The minimum Gasteiger partial charge on any atom is -0.468 e. The maximum atomic E-state index is 11.1. The van der Waals surface area contributed by atoms with Crippen molar-refractivity contribution in [1.82, 2.24) is 5.32 Å². The second-order valence-corrected chi connectivity index (χ2v) is 5.08. The van der Waals surface area contributed by atoms with E-state index in [1.54, 1.807) is 0 Å². The molecule has 0 heterocycles. The number of hydrogen-bond donors (Lipinski definition) is 1. The van der Waals surface area contributed by atoms with Crippen LogP contribution in [0.5, 0.6) is 0 Å². The first-order valence-corrected chi connectivity index (χ1v) is 6.58. The van der Waals surface area contributed by atoms with Crippen molar-refractivity contribution in [2.24, 2.45) is 0 Å². The maximum absolute atomic E-state index is 11.1. The average Bonchev–Trinajstić information content (AvgIpc) is 2.28. The van der Waals surface area contributed by atoms with Crippen LogP contribution in [0.1, 0.15) is 5.56 Å². The molecule has 1 N–H and O–H groups in total. The van der Waals surface area contributed by atoms with Crippen molar-refractivity contribution in [3.63, 3.8) is 0 Å². The molecule has 0 aromatic heterocycles. The zero-order chi connectivity index (χ0) is 12.0. The fourth-order valence-corrected chi connectivity index (χ4v) is 2.49. The van der Waals surface area contributed by atoms with Crippen LogP contribution in [0.3, 0.4) is 0 Å². The molecule has 1 aromatic rings. The summed E-state index contributed by atoms with van der Waals surface area (Å²) in [5.74, 6) is 0.137. The van der Waals surface area contributed by atoms with Crippen molar-refractivity contribution in [3.05, 3.63) is 28.2 Å². The highest BCUT2D eigenvalue weighted by atomic mass is 79.9. The van der Waals surface area contributed by atoms with Crippen molar-refractivity contribution < 1.29 is 9.53 Å². The lowest BCUT2D eigenvalue weighted by atomic mass is 10.2. The largest absolute Gasteiger partial charge is 0.468 e. The first-order chi connectivity index (χ1) is 7.67. The van der Waals surface area contributed by atoms with E-state index < -0.39 is 0 Å². The van der Waals surface area contributed by atoms with Gasteiger partial charge in [-0.25, -0.2) is 0 Å². The number of methoxy groups -OCH3 is 1. The highest BCUT2D eigenvalue weighted by Gasteiger charge is 2.06. The third-order valence-corrected chi connectivity index (χ3v) is 3.55. The molecule has 16 heavy (non-hydrogen) atoms. The van der Waals surface area contributed by atoms with Gasteiger partial charge < -0.3 is 10.1 Å². The van der Waals surface area contributed by atoms with E-state index in [-0.39, 0.29) is 5.97 Å². The molecule has 1 aromatic carbocycles. The highest BCUT2D eigenvalue weighted by Crippen LogP contribution is 2.26. The van der Waals surface area contributed by atoms with E-state index in [1.165, 1.54) is 24.4 Å². The number of rotatable bonds is 5. The van der Waals surface area contributed by atoms with Gasteiger partial charge in [-0.3, -0.25) is 4.79 Å². The fraction of sp³-hybridized carbons (Fsp3) is 0.364. The number of benzene rings is 1. The van der Waals surface area contributed by atoms with Crippen LogP contribution in [-0.2, 0) is 16.1 Å². The Morgan fingerprint density at radius 2 is 2.31 bits per heavy atom. The Labute approximate surface area is 108 Å². The van der Waals surface area contributed by atoms with Gasteiger partial charge >= 0.3 is 5.97 Å². The molecule has 0 bridgehead atoms. The van der Waals surface area contributed by atoms with Crippen LogP contribution in [-0.4, -0.2) is 25.9 Å². The van der Waals surface area contributed by atoms with Crippen LogP contribution in [0.15, 0.2) is 27.6 Å². The van der Waals surface area contributed by atoms with Crippen molar-refractivity contribution in [3.8, 4) is 0 Å². The standard InChI is InChI=1S/C11H14BrNO2S/c1-13-6-8-5-9(12)3-4-10(8)16-7-11(14)15-2/h3-5,13H,6-7H2,1-2H3. The van der Waals surface area contributed by atoms with E-state index in [2.05, 4.69) is 32.0 Å². The van der Waals surface area contributed by atoms with E-state index in [0.717, 1.165) is 15.9 Å². The molecular formula is C11H14BrNO2S. The fourth-order valence-electron chi connectivity index (χ4n) is 1.21. The Bertz CT molecular complexity index is 371. The normalized spacial score (nSPS) is 10.2. The zero-order valence-corrected chi connectivity index (χ0v) is 11.7. The topological polar surface area (TPSA) is 38.3 Å². The van der Waals surface area contributed by atoms with Gasteiger partial charge in [-0.1, -0.05) is 15.9 Å². The van der Waals surface area contributed by atoms with E-state index in [4.69, 9.17) is 0 Å². The first-order valence-electron chi connectivity index (χ1n) is 4.80. The Morgan fingerprint density at radius 3 is 2.94 bits per heavy atom. The van der Waals surface area contributed by atoms with Crippen LogP contribution >= 0.6 is 27.7 Å². The number of nitrogens with one attached hydrogen (secondary N) is 1. The summed E-state index contributed by atoms with van der Waals surface area (Å²) in [6.07, 6.45) is 0. The molecule has 1 rings (SSSR count). The molecule has 88 valence electrons. The minimum atomic E-state index is -0.205. The summed E-state index contributed by atoms with van der Waals surface area (Å²) in [4.78, 5) is 12.2. The molecule has 0 unspecified atom stereocenters. The monoisotopic (exact) mass is 303 g/mol. The molecule has 0 aliphatic rings. The highest BCUT2D eigenvalue weighted by molar-refractivity contribution is 9.10. The zero-order valence-electron chi connectivity index (χ0n) is 9.25. The van der Waals surface area contributed by atoms with Gasteiger partial charge in [-0.05, 0) is 30.8 Å². The molecule has 0 aliphatic carbocycles. The maximum Gasteiger partial charge on any atom is 0.315 e. The van der Waals surface area contributed by atoms with Crippen molar-refractivity contribution in [2.45, 2.75) is 11.4 Å². The number of carbonyl (C=O) groups excluding carboxylic acids is 1. The van der Waals surface area contributed by atoms with Crippen LogP contribution in [0, 0.1) is 0 Å². The lowest BCUT2D eigenvalue weighted by Crippen LogP contribution is -2.07. The molecule has 3 nitrogen and oxygen atoms in total. The van der Waals surface area contributed by atoms with Gasteiger partial charge in [0.15, 0.2) is 0 Å².